The summed E-state index contributed by atoms with van der Waals surface area (Å²) in [6.07, 6.45) is 6.37. The van der Waals surface area contributed by atoms with Crippen molar-refractivity contribution in [1.82, 2.24) is 9.97 Å². The second-order valence-corrected chi connectivity index (χ2v) is 4.87. The molecule has 3 nitrogen and oxygen atoms in total. The number of hydrogen-bond acceptors (Lipinski definition) is 2. The van der Waals surface area contributed by atoms with Crippen molar-refractivity contribution in [1.29, 1.82) is 0 Å². The van der Waals surface area contributed by atoms with Crippen LogP contribution in [0.2, 0.25) is 0 Å². The van der Waals surface area contributed by atoms with E-state index >= 15 is 0 Å². The minimum atomic E-state index is -0.229. The summed E-state index contributed by atoms with van der Waals surface area (Å²) in [4.78, 5) is 7.84. The van der Waals surface area contributed by atoms with E-state index in [1.165, 1.54) is 12.8 Å². The lowest BCUT2D eigenvalue weighted by Crippen LogP contribution is -2.34. The lowest BCUT2D eigenvalue weighted by Gasteiger charge is -2.20. The van der Waals surface area contributed by atoms with Crippen LogP contribution in [0.5, 0.6) is 0 Å². The molecule has 1 aromatic heterocycles. The monoisotopic (exact) mass is 227 g/mol. The number of hydrogen-bond donors (Lipinski definition) is 2. The maximum absolute atomic E-state index is 6.38. The molecule has 0 atom stereocenters. The number of H-pyrrole nitrogens is 1. The van der Waals surface area contributed by atoms with E-state index < -0.39 is 0 Å². The SMILES string of the molecule is NC1(c2ncc(-c3ccccc3)[nH]2)CCCC1. The summed E-state index contributed by atoms with van der Waals surface area (Å²) in [5.41, 5.74) is 8.36. The molecule has 1 heterocycles. The zero-order chi connectivity index (χ0) is 11.7. The number of aromatic amines is 1. The highest BCUT2D eigenvalue weighted by molar-refractivity contribution is 5.58. The van der Waals surface area contributed by atoms with Crippen molar-refractivity contribution < 1.29 is 0 Å². The Balaban J connectivity index is 1.93. The van der Waals surface area contributed by atoms with Gasteiger partial charge in [-0.15, -0.1) is 0 Å². The number of rotatable bonds is 2. The maximum Gasteiger partial charge on any atom is 0.126 e. The Morgan fingerprint density at radius 3 is 2.53 bits per heavy atom. The highest BCUT2D eigenvalue weighted by Gasteiger charge is 2.33. The molecule has 1 fully saturated rings. The number of benzene rings is 1. The van der Waals surface area contributed by atoms with Crippen molar-refractivity contribution in [2.45, 2.75) is 31.2 Å². The van der Waals surface area contributed by atoms with Crippen molar-refractivity contribution in [3.63, 3.8) is 0 Å². The van der Waals surface area contributed by atoms with Crippen LogP contribution >= 0.6 is 0 Å². The molecule has 3 N–H and O–H groups in total. The van der Waals surface area contributed by atoms with Crippen LogP contribution in [-0.4, -0.2) is 9.97 Å². The Morgan fingerprint density at radius 1 is 1.12 bits per heavy atom. The van der Waals surface area contributed by atoms with Crippen LogP contribution in [0.3, 0.4) is 0 Å². The fourth-order valence-corrected chi connectivity index (χ4v) is 2.58. The molecule has 3 heteroatoms. The summed E-state index contributed by atoms with van der Waals surface area (Å²) in [5, 5.41) is 0. The molecule has 17 heavy (non-hydrogen) atoms. The first kappa shape index (κ1) is 10.5. The highest BCUT2D eigenvalue weighted by atomic mass is 15.0. The second kappa shape index (κ2) is 4.00. The summed E-state index contributed by atoms with van der Waals surface area (Å²) >= 11 is 0. The first-order valence-corrected chi connectivity index (χ1v) is 6.18. The van der Waals surface area contributed by atoms with Gasteiger partial charge in [-0.05, 0) is 18.4 Å². The average Bonchev–Trinajstić information content (AvgIpc) is 2.99. The van der Waals surface area contributed by atoms with Gasteiger partial charge < -0.3 is 10.7 Å². The van der Waals surface area contributed by atoms with Gasteiger partial charge in [-0.2, -0.15) is 0 Å². The van der Waals surface area contributed by atoms with Gasteiger partial charge >= 0.3 is 0 Å². The van der Waals surface area contributed by atoms with Gasteiger partial charge in [-0.25, -0.2) is 4.98 Å². The molecule has 1 aliphatic carbocycles. The molecule has 0 radical (unpaired) electrons. The zero-order valence-corrected chi connectivity index (χ0v) is 9.82. The van der Waals surface area contributed by atoms with Gasteiger partial charge in [-0.1, -0.05) is 43.2 Å². The summed E-state index contributed by atoms with van der Waals surface area (Å²) in [6, 6.07) is 10.2. The van der Waals surface area contributed by atoms with Crippen molar-refractivity contribution in [2.75, 3.05) is 0 Å². The van der Waals surface area contributed by atoms with Crippen molar-refractivity contribution in [3.05, 3.63) is 42.4 Å². The average molecular weight is 227 g/mol. The van der Waals surface area contributed by atoms with Crippen LogP contribution in [0, 0.1) is 0 Å². The van der Waals surface area contributed by atoms with Gasteiger partial charge in [0.1, 0.15) is 5.82 Å². The fourth-order valence-electron chi connectivity index (χ4n) is 2.58. The summed E-state index contributed by atoms with van der Waals surface area (Å²) in [5.74, 6) is 0.939. The molecule has 3 rings (SSSR count). The number of nitrogens with zero attached hydrogens (tertiary/aromatic N) is 1. The standard InChI is InChI=1S/C14H17N3/c15-14(8-4-5-9-14)13-16-10-12(17-13)11-6-2-1-3-7-11/h1-3,6-7,10H,4-5,8-9,15H2,(H,16,17). The predicted molar refractivity (Wildman–Crippen MR) is 68.4 cm³/mol. The lowest BCUT2D eigenvalue weighted by atomic mass is 9.99. The van der Waals surface area contributed by atoms with E-state index in [4.69, 9.17) is 5.73 Å². The molecule has 0 unspecified atom stereocenters. The van der Waals surface area contributed by atoms with Crippen LogP contribution in [0.4, 0.5) is 0 Å². The molecular weight excluding hydrogens is 210 g/mol. The minimum absolute atomic E-state index is 0.229. The van der Waals surface area contributed by atoms with Gasteiger partial charge in [0.2, 0.25) is 0 Å². The fraction of sp³-hybridized carbons (Fsp3) is 0.357. The van der Waals surface area contributed by atoms with Crippen LogP contribution in [0.1, 0.15) is 31.5 Å². The van der Waals surface area contributed by atoms with Gasteiger partial charge in [0.05, 0.1) is 17.4 Å². The van der Waals surface area contributed by atoms with E-state index in [1.807, 2.05) is 24.4 Å². The van der Waals surface area contributed by atoms with E-state index in [1.54, 1.807) is 0 Å². The molecule has 2 aromatic rings. The third kappa shape index (κ3) is 1.87. The smallest absolute Gasteiger partial charge is 0.126 e. The molecule has 0 bridgehead atoms. The molecule has 0 amide bonds. The number of imidazole rings is 1. The Labute approximate surface area is 101 Å². The van der Waals surface area contributed by atoms with Crippen molar-refractivity contribution in [2.24, 2.45) is 5.73 Å². The third-order valence-electron chi connectivity index (χ3n) is 3.63. The van der Waals surface area contributed by atoms with E-state index in [-0.39, 0.29) is 5.54 Å². The Kier molecular flexibility index (Phi) is 2.48. The van der Waals surface area contributed by atoms with Crippen LogP contribution in [0.25, 0.3) is 11.3 Å². The second-order valence-electron chi connectivity index (χ2n) is 4.87. The first-order valence-electron chi connectivity index (χ1n) is 6.18. The van der Waals surface area contributed by atoms with E-state index in [0.29, 0.717) is 0 Å². The predicted octanol–water partition coefficient (Wildman–Crippen LogP) is 2.80. The minimum Gasteiger partial charge on any atom is -0.340 e. The largest absolute Gasteiger partial charge is 0.340 e. The first-order chi connectivity index (χ1) is 8.28. The Morgan fingerprint density at radius 2 is 1.82 bits per heavy atom. The van der Waals surface area contributed by atoms with Gasteiger partial charge in [0.25, 0.3) is 0 Å². The van der Waals surface area contributed by atoms with Crippen LogP contribution in [0.15, 0.2) is 36.5 Å². The summed E-state index contributed by atoms with van der Waals surface area (Å²) < 4.78 is 0. The number of nitrogens with two attached hydrogens (primary N) is 1. The lowest BCUT2D eigenvalue weighted by molar-refractivity contribution is 0.436. The maximum atomic E-state index is 6.38. The molecule has 0 spiro atoms. The van der Waals surface area contributed by atoms with Crippen LogP contribution < -0.4 is 5.73 Å². The van der Waals surface area contributed by atoms with Gasteiger partial charge in [0, 0.05) is 0 Å². The summed E-state index contributed by atoms with van der Waals surface area (Å²) in [7, 11) is 0. The van der Waals surface area contributed by atoms with Crippen molar-refractivity contribution in [3.8, 4) is 11.3 Å². The molecule has 1 aromatic carbocycles. The van der Waals surface area contributed by atoms with Crippen molar-refractivity contribution >= 4 is 0 Å². The molecule has 0 aliphatic heterocycles. The van der Waals surface area contributed by atoms with E-state index in [2.05, 4.69) is 22.1 Å². The quantitative estimate of drug-likeness (QED) is 0.828. The molecule has 1 saturated carbocycles. The summed E-state index contributed by atoms with van der Waals surface area (Å²) in [6.45, 7) is 0. The van der Waals surface area contributed by atoms with E-state index in [9.17, 15) is 0 Å². The van der Waals surface area contributed by atoms with Crippen LogP contribution in [-0.2, 0) is 5.54 Å². The number of nitrogens with one attached hydrogen (secondary N) is 1. The highest BCUT2D eigenvalue weighted by Crippen LogP contribution is 2.35. The molecule has 88 valence electrons. The zero-order valence-electron chi connectivity index (χ0n) is 9.82. The Bertz CT molecular complexity index is 495. The number of aromatic nitrogens is 2. The molecule has 1 aliphatic rings. The topological polar surface area (TPSA) is 54.7 Å². The molecular formula is C14H17N3. The van der Waals surface area contributed by atoms with Gasteiger partial charge in [0.15, 0.2) is 0 Å². The third-order valence-corrected chi connectivity index (χ3v) is 3.63. The van der Waals surface area contributed by atoms with Gasteiger partial charge in [-0.3, -0.25) is 0 Å². The Hall–Kier alpha value is -1.61. The normalized spacial score (nSPS) is 18.4. The molecule has 0 saturated heterocycles. The van der Waals surface area contributed by atoms with E-state index in [0.717, 1.165) is 29.9 Å².